The smallest absolute Gasteiger partial charge is 0.325 e. The lowest BCUT2D eigenvalue weighted by molar-refractivity contribution is 0.262. The molecular formula is C15H15F2N7O3S2. The maximum atomic E-state index is 14.6. The number of aromatic amines is 2. The Labute approximate surface area is 168 Å². The minimum atomic E-state index is -3.81. The van der Waals surface area contributed by atoms with Gasteiger partial charge in [0.1, 0.15) is 23.3 Å². The summed E-state index contributed by atoms with van der Waals surface area (Å²) in [7, 11) is -3.81. The van der Waals surface area contributed by atoms with Gasteiger partial charge >= 0.3 is 6.03 Å². The molecular weight excluding hydrogens is 428 g/mol. The second kappa shape index (κ2) is 8.08. The zero-order valence-electron chi connectivity index (χ0n) is 14.8. The number of imidazole rings is 1. The van der Waals surface area contributed by atoms with Crippen LogP contribution in [0.15, 0.2) is 18.5 Å². The molecule has 0 unspecified atom stereocenters. The van der Waals surface area contributed by atoms with Crippen LogP contribution in [0.1, 0.15) is 13.3 Å². The molecule has 14 heteroatoms. The molecule has 154 valence electrons. The minimum Gasteiger partial charge on any atom is -0.326 e. The van der Waals surface area contributed by atoms with Gasteiger partial charge in [0.25, 0.3) is 0 Å². The van der Waals surface area contributed by atoms with Crippen molar-refractivity contribution in [3.8, 4) is 0 Å². The summed E-state index contributed by atoms with van der Waals surface area (Å²) in [5.74, 6) is -2.59. The normalized spacial score (nSPS) is 11.4. The Hall–Kier alpha value is -3.13. The van der Waals surface area contributed by atoms with Crippen LogP contribution in [-0.4, -0.2) is 40.1 Å². The monoisotopic (exact) mass is 443 g/mol. The van der Waals surface area contributed by atoms with Crippen LogP contribution in [0.2, 0.25) is 0 Å². The fourth-order valence-electron chi connectivity index (χ4n) is 2.43. The summed E-state index contributed by atoms with van der Waals surface area (Å²) in [5, 5.41) is 4.33. The Balaban J connectivity index is 1.84. The Morgan fingerprint density at radius 3 is 2.69 bits per heavy atom. The number of aromatic nitrogens is 4. The SMILES string of the molecule is CCCS(=O)(=O)Nc1ccc(F)c(NC(=O)Nc2ncnc3[nH]c(=S)[nH]c23)c1F. The molecule has 2 heterocycles. The minimum absolute atomic E-state index is 0.0143. The molecule has 0 aliphatic heterocycles. The van der Waals surface area contributed by atoms with Crippen LogP contribution >= 0.6 is 12.2 Å². The van der Waals surface area contributed by atoms with Crippen LogP contribution in [0.4, 0.5) is 30.8 Å². The van der Waals surface area contributed by atoms with E-state index in [4.69, 9.17) is 12.2 Å². The third kappa shape index (κ3) is 4.65. The van der Waals surface area contributed by atoms with E-state index in [0.29, 0.717) is 12.1 Å². The van der Waals surface area contributed by atoms with Crippen LogP contribution < -0.4 is 15.4 Å². The van der Waals surface area contributed by atoms with E-state index in [-0.39, 0.29) is 21.9 Å². The molecule has 10 nitrogen and oxygen atoms in total. The first-order chi connectivity index (χ1) is 13.7. The number of carbonyl (C=O) groups is 1. The van der Waals surface area contributed by atoms with Crippen molar-refractivity contribution < 1.29 is 22.0 Å². The molecule has 0 saturated carbocycles. The first-order valence-electron chi connectivity index (χ1n) is 8.19. The number of urea groups is 1. The molecule has 3 aromatic rings. The highest BCUT2D eigenvalue weighted by Gasteiger charge is 2.20. The molecule has 1 aromatic carbocycles. The van der Waals surface area contributed by atoms with E-state index in [1.807, 2.05) is 10.0 Å². The van der Waals surface area contributed by atoms with Gasteiger partial charge in [-0.3, -0.25) is 10.0 Å². The van der Waals surface area contributed by atoms with Gasteiger partial charge in [0, 0.05) is 0 Å². The number of rotatable bonds is 6. The van der Waals surface area contributed by atoms with E-state index in [1.165, 1.54) is 0 Å². The van der Waals surface area contributed by atoms with Gasteiger partial charge in [-0.2, -0.15) is 0 Å². The van der Waals surface area contributed by atoms with Crippen molar-refractivity contribution in [2.24, 2.45) is 0 Å². The van der Waals surface area contributed by atoms with Gasteiger partial charge in [-0.15, -0.1) is 0 Å². The summed E-state index contributed by atoms with van der Waals surface area (Å²) < 4.78 is 54.6. The second-order valence-electron chi connectivity index (χ2n) is 5.81. The molecule has 0 spiro atoms. The van der Waals surface area contributed by atoms with E-state index >= 15 is 0 Å². The van der Waals surface area contributed by atoms with Crippen LogP contribution in [-0.2, 0) is 10.0 Å². The van der Waals surface area contributed by atoms with Crippen molar-refractivity contribution >= 4 is 56.6 Å². The molecule has 2 aromatic heterocycles. The zero-order chi connectivity index (χ0) is 21.2. The third-order valence-electron chi connectivity index (χ3n) is 3.62. The van der Waals surface area contributed by atoms with E-state index in [0.717, 1.165) is 18.5 Å². The fraction of sp³-hybridized carbons (Fsp3) is 0.200. The molecule has 0 saturated heterocycles. The second-order valence-corrected chi connectivity index (χ2v) is 8.06. The van der Waals surface area contributed by atoms with Gasteiger partial charge in [0.05, 0.1) is 11.4 Å². The first kappa shape index (κ1) is 20.6. The Kier molecular flexibility index (Phi) is 5.74. The number of hydrogen-bond acceptors (Lipinski definition) is 6. The van der Waals surface area contributed by atoms with Crippen molar-refractivity contribution in [1.29, 1.82) is 0 Å². The lowest BCUT2D eigenvalue weighted by Crippen LogP contribution is -2.23. The van der Waals surface area contributed by atoms with Crippen molar-refractivity contribution in [3.05, 3.63) is 34.9 Å². The number of anilines is 3. The summed E-state index contributed by atoms with van der Waals surface area (Å²) in [4.78, 5) is 25.5. The average molecular weight is 443 g/mol. The standard InChI is InChI=1S/C15H15F2N7O3S2/c1-2-5-29(26,27)24-8-4-3-7(16)10(9(8)17)20-14(25)22-12-11-13(19-6-18-12)23-15(28)21-11/h3-4,6,24H,2,5H2,1H3,(H4,18,19,20,21,22,23,25,28). The number of H-pyrrole nitrogens is 2. The summed E-state index contributed by atoms with van der Waals surface area (Å²) in [6.45, 7) is 1.64. The summed E-state index contributed by atoms with van der Waals surface area (Å²) in [5.41, 5.74) is -0.708. The molecule has 0 atom stereocenters. The van der Waals surface area contributed by atoms with Gasteiger partial charge in [-0.25, -0.2) is 32.0 Å². The summed E-state index contributed by atoms with van der Waals surface area (Å²) in [6.07, 6.45) is 1.46. The number of nitrogens with one attached hydrogen (secondary N) is 5. The number of benzene rings is 1. The van der Waals surface area contributed by atoms with E-state index < -0.39 is 39.1 Å². The molecule has 5 N–H and O–H groups in total. The fourth-order valence-corrected chi connectivity index (χ4v) is 3.76. The molecule has 0 bridgehead atoms. The highest BCUT2D eigenvalue weighted by Crippen LogP contribution is 2.27. The van der Waals surface area contributed by atoms with E-state index in [9.17, 15) is 22.0 Å². The third-order valence-corrected chi connectivity index (χ3v) is 5.30. The van der Waals surface area contributed by atoms with Crippen molar-refractivity contribution in [2.75, 3.05) is 21.1 Å². The van der Waals surface area contributed by atoms with E-state index in [2.05, 4.69) is 25.3 Å². The van der Waals surface area contributed by atoms with Crippen molar-refractivity contribution in [1.82, 2.24) is 19.9 Å². The van der Waals surface area contributed by atoms with Gasteiger partial charge in [-0.05, 0) is 30.8 Å². The number of sulfonamides is 1. The predicted octanol–water partition coefficient (Wildman–Crippen LogP) is 3.09. The number of carbonyl (C=O) groups excluding carboxylic acids is 1. The maximum absolute atomic E-state index is 14.6. The van der Waals surface area contributed by atoms with Crippen LogP contribution in [0.3, 0.4) is 0 Å². The number of fused-ring (bicyclic) bond motifs is 1. The van der Waals surface area contributed by atoms with Gasteiger partial charge in [0.2, 0.25) is 10.0 Å². The average Bonchev–Trinajstić information content (AvgIpc) is 3.02. The molecule has 0 aliphatic rings. The van der Waals surface area contributed by atoms with Crippen molar-refractivity contribution in [2.45, 2.75) is 13.3 Å². The largest absolute Gasteiger partial charge is 0.326 e. The summed E-state index contributed by atoms with van der Waals surface area (Å²) >= 11 is 4.94. The van der Waals surface area contributed by atoms with Crippen LogP contribution in [0.5, 0.6) is 0 Å². The summed E-state index contributed by atoms with van der Waals surface area (Å²) in [6, 6.07) is 0.737. The van der Waals surface area contributed by atoms with Gasteiger partial charge < -0.3 is 15.3 Å². The predicted molar refractivity (Wildman–Crippen MR) is 106 cm³/mol. The molecule has 2 amide bonds. The lowest BCUT2D eigenvalue weighted by atomic mass is 10.2. The molecule has 3 rings (SSSR count). The van der Waals surface area contributed by atoms with Crippen molar-refractivity contribution in [3.63, 3.8) is 0 Å². The Morgan fingerprint density at radius 2 is 1.97 bits per heavy atom. The molecule has 0 fully saturated rings. The Bertz CT molecular complexity index is 1240. The lowest BCUT2D eigenvalue weighted by Gasteiger charge is -2.13. The zero-order valence-corrected chi connectivity index (χ0v) is 16.5. The van der Waals surface area contributed by atoms with E-state index in [1.54, 1.807) is 6.92 Å². The maximum Gasteiger partial charge on any atom is 0.325 e. The number of halogens is 2. The topological polar surface area (TPSA) is 145 Å². The quantitative estimate of drug-likeness (QED) is 0.370. The van der Waals surface area contributed by atoms with Gasteiger partial charge in [-0.1, -0.05) is 6.92 Å². The van der Waals surface area contributed by atoms with Gasteiger partial charge in [0.15, 0.2) is 22.1 Å². The number of nitrogens with zero attached hydrogens (tertiary/aromatic N) is 2. The van der Waals surface area contributed by atoms with Crippen LogP contribution in [0, 0.1) is 16.4 Å². The number of hydrogen-bond donors (Lipinski definition) is 5. The highest BCUT2D eigenvalue weighted by atomic mass is 32.2. The van der Waals surface area contributed by atoms with Crippen LogP contribution in [0.25, 0.3) is 11.2 Å². The Morgan fingerprint density at radius 1 is 1.21 bits per heavy atom. The molecule has 0 aliphatic carbocycles. The number of amides is 2. The molecule has 0 radical (unpaired) electrons. The highest BCUT2D eigenvalue weighted by molar-refractivity contribution is 7.92. The first-order valence-corrected chi connectivity index (χ1v) is 10.3. The molecule has 29 heavy (non-hydrogen) atoms.